The molecule has 1 aromatic carbocycles. The van der Waals surface area contributed by atoms with E-state index in [4.69, 9.17) is 16.7 Å². The van der Waals surface area contributed by atoms with Gasteiger partial charge in [0, 0.05) is 36.3 Å². The molecular formula is C12H15ClN2O2. The topological polar surface area (TPSA) is 52.6 Å². The number of amides is 1. The van der Waals surface area contributed by atoms with Crippen LogP contribution in [-0.4, -0.2) is 42.2 Å². The van der Waals surface area contributed by atoms with E-state index in [0.717, 1.165) is 13.1 Å². The number of likely N-dealkylation sites (tertiary alicyclic amines) is 1. The maximum Gasteiger partial charge on any atom is 0.238 e. The third kappa shape index (κ3) is 3.43. The normalized spacial score (nSPS) is 16.6. The SMILES string of the molecule is O=C(CN1CC(CO)C1)Nc1cccc(Cl)c1. The lowest BCUT2D eigenvalue weighted by Gasteiger charge is -2.37. The molecule has 1 saturated heterocycles. The second kappa shape index (κ2) is 5.49. The molecule has 0 spiro atoms. The van der Waals surface area contributed by atoms with Gasteiger partial charge in [0.25, 0.3) is 0 Å². The molecule has 0 saturated carbocycles. The van der Waals surface area contributed by atoms with Gasteiger partial charge in [-0.15, -0.1) is 0 Å². The number of hydrogen-bond acceptors (Lipinski definition) is 3. The third-order valence-electron chi connectivity index (χ3n) is 2.77. The Kier molecular flexibility index (Phi) is 3.99. The zero-order valence-corrected chi connectivity index (χ0v) is 10.2. The van der Waals surface area contributed by atoms with Crippen LogP contribution in [0.2, 0.25) is 5.02 Å². The van der Waals surface area contributed by atoms with Gasteiger partial charge in [0.1, 0.15) is 0 Å². The molecule has 0 atom stereocenters. The summed E-state index contributed by atoms with van der Waals surface area (Å²) in [6, 6.07) is 7.07. The van der Waals surface area contributed by atoms with Crippen LogP contribution in [0.4, 0.5) is 5.69 Å². The summed E-state index contributed by atoms with van der Waals surface area (Å²) in [5.41, 5.74) is 0.710. The van der Waals surface area contributed by atoms with E-state index < -0.39 is 0 Å². The fourth-order valence-corrected chi connectivity index (χ4v) is 2.08. The van der Waals surface area contributed by atoms with Gasteiger partial charge in [0.05, 0.1) is 6.54 Å². The van der Waals surface area contributed by atoms with Gasteiger partial charge in [-0.2, -0.15) is 0 Å². The molecule has 0 bridgehead atoms. The second-order valence-corrected chi connectivity index (χ2v) is 4.74. The highest BCUT2D eigenvalue weighted by molar-refractivity contribution is 6.30. The van der Waals surface area contributed by atoms with Crippen molar-refractivity contribution in [3.05, 3.63) is 29.3 Å². The van der Waals surface area contributed by atoms with Gasteiger partial charge in [-0.3, -0.25) is 9.69 Å². The molecular weight excluding hydrogens is 240 g/mol. The molecule has 5 heteroatoms. The van der Waals surface area contributed by atoms with Crippen LogP contribution in [0.5, 0.6) is 0 Å². The average Bonchev–Trinajstić information content (AvgIpc) is 2.22. The van der Waals surface area contributed by atoms with E-state index in [2.05, 4.69) is 5.32 Å². The summed E-state index contributed by atoms with van der Waals surface area (Å²) in [6.07, 6.45) is 0. The molecule has 0 unspecified atom stereocenters. The molecule has 1 aliphatic heterocycles. The van der Waals surface area contributed by atoms with Gasteiger partial charge in [0.2, 0.25) is 5.91 Å². The summed E-state index contributed by atoms with van der Waals surface area (Å²) in [4.78, 5) is 13.7. The Labute approximate surface area is 105 Å². The van der Waals surface area contributed by atoms with Gasteiger partial charge in [-0.1, -0.05) is 17.7 Å². The molecule has 1 amide bonds. The molecule has 1 heterocycles. The Balaban J connectivity index is 1.78. The van der Waals surface area contributed by atoms with Gasteiger partial charge < -0.3 is 10.4 Å². The van der Waals surface area contributed by atoms with Gasteiger partial charge >= 0.3 is 0 Å². The molecule has 2 N–H and O–H groups in total. The van der Waals surface area contributed by atoms with Gasteiger partial charge in [-0.25, -0.2) is 0 Å². The highest BCUT2D eigenvalue weighted by atomic mass is 35.5. The predicted molar refractivity (Wildman–Crippen MR) is 67.1 cm³/mol. The Morgan fingerprint density at radius 1 is 1.53 bits per heavy atom. The fourth-order valence-electron chi connectivity index (χ4n) is 1.89. The summed E-state index contributed by atoms with van der Waals surface area (Å²) < 4.78 is 0. The molecule has 0 aromatic heterocycles. The summed E-state index contributed by atoms with van der Waals surface area (Å²) in [5, 5.41) is 12.3. The molecule has 4 nitrogen and oxygen atoms in total. The second-order valence-electron chi connectivity index (χ2n) is 4.30. The van der Waals surface area contributed by atoms with Crippen molar-refractivity contribution in [2.75, 3.05) is 31.6 Å². The molecule has 1 aliphatic rings. The Hall–Kier alpha value is -1.10. The number of rotatable bonds is 4. The molecule has 17 heavy (non-hydrogen) atoms. The first-order valence-electron chi connectivity index (χ1n) is 5.56. The van der Waals surface area contributed by atoms with Crippen LogP contribution < -0.4 is 5.32 Å². The number of halogens is 1. The number of carbonyl (C=O) groups excluding carboxylic acids is 1. The van der Waals surface area contributed by atoms with Crippen molar-refractivity contribution < 1.29 is 9.90 Å². The molecule has 92 valence electrons. The fraction of sp³-hybridized carbons (Fsp3) is 0.417. The smallest absolute Gasteiger partial charge is 0.238 e. The molecule has 0 radical (unpaired) electrons. The van der Waals surface area contributed by atoms with E-state index in [1.807, 2.05) is 4.90 Å². The maximum absolute atomic E-state index is 11.7. The molecule has 1 aromatic rings. The average molecular weight is 255 g/mol. The zero-order valence-electron chi connectivity index (χ0n) is 9.40. The minimum atomic E-state index is -0.0522. The summed E-state index contributed by atoms with van der Waals surface area (Å²) in [7, 11) is 0. The third-order valence-corrected chi connectivity index (χ3v) is 3.00. The van der Waals surface area contributed by atoms with Crippen molar-refractivity contribution in [1.29, 1.82) is 0 Å². The number of nitrogens with zero attached hydrogens (tertiary/aromatic N) is 1. The standard InChI is InChI=1S/C12H15ClN2O2/c13-10-2-1-3-11(4-10)14-12(17)7-15-5-9(6-15)8-16/h1-4,9,16H,5-8H2,(H,14,17). The first kappa shape index (κ1) is 12.4. The predicted octanol–water partition coefficient (Wildman–Crippen LogP) is 1.20. The first-order valence-corrected chi connectivity index (χ1v) is 5.94. The van der Waals surface area contributed by atoms with Crippen LogP contribution in [0.1, 0.15) is 0 Å². The van der Waals surface area contributed by atoms with Crippen molar-refractivity contribution in [3.8, 4) is 0 Å². The first-order chi connectivity index (χ1) is 8.17. The summed E-state index contributed by atoms with van der Waals surface area (Å²) in [5.74, 6) is 0.276. The Bertz CT molecular complexity index is 405. The quantitative estimate of drug-likeness (QED) is 0.849. The van der Waals surface area contributed by atoms with E-state index in [-0.39, 0.29) is 12.5 Å². The number of anilines is 1. The van der Waals surface area contributed by atoms with Crippen molar-refractivity contribution in [2.24, 2.45) is 5.92 Å². The van der Waals surface area contributed by atoms with Crippen LogP contribution in [0.3, 0.4) is 0 Å². The highest BCUT2D eigenvalue weighted by Gasteiger charge is 2.27. The van der Waals surface area contributed by atoms with E-state index in [9.17, 15) is 4.79 Å². The molecule has 0 aliphatic carbocycles. The number of benzene rings is 1. The van der Waals surface area contributed by atoms with Crippen molar-refractivity contribution in [2.45, 2.75) is 0 Å². The van der Waals surface area contributed by atoms with Crippen LogP contribution >= 0.6 is 11.6 Å². The summed E-state index contributed by atoms with van der Waals surface area (Å²) in [6.45, 7) is 2.15. The van der Waals surface area contributed by atoms with E-state index in [1.165, 1.54) is 0 Å². The Morgan fingerprint density at radius 2 is 2.29 bits per heavy atom. The highest BCUT2D eigenvalue weighted by Crippen LogP contribution is 2.16. The Morgan fingerprint density at radius 3 is 2.94 bits per heavy atom. The lowest BCUT2D eigenvalue weighted by molar-refractivity contribution is -0.119. The minimum Gasteiger partial charge on any atom is -0.396 e. The number of aliphatic hydroxyl groups excluding tert-OH is 1. The molecule has 1 fully saturated rings. The van der Waals surface area contributed by atoms with Gasteiger partial charge in [0.15, 0.2) is 0 Å². The number of carbonyl (C=O) groups is 1. The molecule has 2 rings (SSSR count). The number of aliphatic hydroxyl groups is 1. The van der Waals surface area contributed by atoms with Crippen LogP contribution in [0.15, 0.2) is 24.3 Å². The van der Waals surface area contributed by atoms with E-state index >= 15 is 0 Å². The van der Waals surface area contributed by atoms with E-state index in [0.29, 0.717) is 23.2 Å². The van der Waals surface area contributed by atoms with Crippen molar-refractivity contribution >= 4 is 23.2 Å². The van der Waals surface area contributed by atoms with Crippen molar-refractivity contribution in [1.82, 2.24) is 4.90 Å². The lowest BCUT2D eigenvalue weighted by atomic mass is 10.0. The summed E-state index contributed by atoms with van der Waals surface area (Å²) >= 11 is 5.82. The zero-order chi connectivity index (χ0) is 12.3. The minimum absolute atomic E-state index is 0.0522. The van der Waals surface area contributed by atoms with E-state index in [1.54, 1.807) is 24.3 Å². The number of hydrogen-bond donors (Lipinski definition) is 2. The monoisotopic (exact) mass is 254 g/mol. The van der Waals surface area contributed by atoms with Crippen LogP contribution in [0.25, 0.3) is 0 Å². The largest absolute Gasteiger partial charge is 0.396 e. The number of nitrogens with one attached hydrogen (secondary N) is 1. The van der Waals surface area contributed by atoms with Crippen molar-refractivity contribution in [3.63, 3.8) is 0 Å². The lowest BCUT2D eigenvalue weighted by Crippen LogP contribution is -2.51. The van der Waals surface area contributed by atoms with Crippen LogP contribution in [0, 0.1) is 5.92 Å². The maximum atomic E-state index is 11.7. The van der Waals surface area contributed by atoms with Gasteiger partial charge in [-0.05, 0) is 18.2 Å². The van der Waals surface area contributed by atoms with Crippen LogP contribution in [-0.2, 0) is 4.79 Å².